The predicted molar refractivity (Wildman–Crippen MR) is 53.2 cm³/mol. The van der Waals surface area contributed by atoms with Gasteiger partial charge in [0.15, 0.2) is 0 Å². The normalized spacial score (nSPS) is 20.1. The van der Waals surface area contributed by atoms with Crippen LogP contribution in [-0.2, 0) is 16.1 Å². The van der Waals surface area contributed by atoms with E-state index >= 15 is 0 Å². The lowest BCUT2D eigenvalue weighted by atomic mass is 10.2. The summed E-state index contributed by atoms with van der Waals surface area (Å²) in [6, 6.07) is 9.07. The Morgan fingerprint density at radius 1 is 1.40 bits per heavy atom. The molecule has 1 aliphatic heterocycles. The molecular formula is C11H11NO3. The Morgan fingerprint density at radius 2 is 2.13 bits per heavy atom. The molecule has 1 heterocycles. The topological polar surface area (TPSA) is 46.6 Å². The lowest BCUT2D eigenvalue weighted by Gasteiger charge is -2.16. The van der Waals surface area contributed by atoms with Gasteiger partial charge in [0.1, 0.15) is 18.9 Å². The molecule has 0 aliphatic carbocycles. The summed E-state index contributed by atoms with van der Waals surface area (Å²) in [7, 11) is 0. The van der Waals surface area contributed by atoms with Crippen LogP contribution >= 0.6 is 0 Å². The molecule has 1 atom stereocenters. The molecule has 15 heavy (non-hydrogen) atoms. The van der Waals surface area contributed by atoms with Crippen LogP contribution in [0.15, 0.2) is 30.3 Å². The molecule has 1 aliphatic rings. The molecule has 1 amide bonds. The molecule has 0 unspecified atom stereocenters. The second-order valence-electron chi connectivity index (χ2n) is 3.39. The Morgan fingerprint density at radius 3 is 2.80 bits per heavy atom. The third-order valence-corrected chi connectivity index (χ3v) is 2.37. The standard InChI is InChI=1S/C11H11NO3/c13-7-10-8-15-11(14)12(10)6-9-4-2-1-3-5-9/h1-5,7,10H,6,8H2/t10-/m1/s1. The third-order valence-electron chi connectivity index (χ3n) is 2.37. The van der Waals surface area contributed by atoms with Gasteiger partial charge in [0, 0.05) is 6.54 Å². The fraction of sp³-hybridized carbons (Fsp3) is 0.273. The van der Waals surface area contributed by atoms with Crippen molar-refractivity contribution in [2.75, 3.05) is 6.61 Å². The highest BCUT2D eigenvalue weighted by Crippen LogP contribution is 2.14. The van der Waals surface area contributed by atoms with Gasteiger partial charge in [-0.05, 0) is 5.56 Å². The maximum Gasteiger partial charge on any atom is 0.410 e. The molecule has 0 spiro atoms. The molecule has 1 aromatic rings. The molecule has 0 radical (unpaired) electrons. The molecule has 0 aromatic heterocycles. The van der Waals surface area contributed by atoms with E-state index in [4.69, 9.17) is 4.74 Å². The van der Waals surface area contributed by atoms with Gasteiger partial charge in [-0.3, -0.25) is 4.90 Å². The lowest BCUT2D eigenvalue weighted by molar-refractivity contribution is -0.111. The largest absolute Gasteiger partial charge is 0.447 e. The molecule has 0 saturated carbocycles. The van der Waals surface area contributed by atoms with Crippen LogP contribution in [0.1, 0.15) is 5.56 Å². The van der Waals surface area contributed by atoms with Gasteiger partial charge in [-0.1, -0.05) is 30.3 Å². The van der Waals surface area contributed by atoms with Crippen molar-refractivity contribution in [3.63, 3.8) is 0 Å². The highest BCUT2D eigenvalue weighted by molar-refractivity contribution is 5.76. The quantitative estimate of drug-likeness (QED) is 0.697. The van der Waals surface area contributed by atoms with Gasteiger partial charge in [-0.2, -0.15) is 0 Å². The Bertz CT molecular complexity index is 363. The van der Waals surface area contributed by atoms with Crippen LogP contribution in [0.2, 0.25) is 0 Å². The number of rotatable bonds is 3. The summed E-state index contributed by atoms with van der Waals surface area (Å²) in [6.07, 6.45) is 0.323. The van der Waals surface area contributed by atoms with E-state index in [1.165, 1.54) is 4.90 Å². The molecular weight excluding hydrogens is 194 g/mol. The van der Waals surface area contributed by atoms with Gasteiger partial charge in [0.2, 0.25) is 0 Å². The van der Waals surface area contributed by atoms with Gasteiger partial charge >= 0.3 is 6.09 Å². The zero-order valence-electron chi connectivity index (χ0n) is 8.13. The van der Waals surface area contributed by atoms with Gasteiger partial charge in [-0.15, -0.1) is 0 Å². The van der Waals surface area contributed by atoms with E-state index in [0.717, 1.165) is 11.8 Å². The number of amides is 1. The molecule has 1 fully saturated rings. The highest BCUT2D eigenvalue weighted by atomic mass is 16.6. The average molecular weight is 205 g/mol. The zero-order valence-corrected chi connectivity index (χ0v) is 8.13. The monoisotopic (exact) mass is 205 g/mol. The molecule has 0 bridgehead atoms. The lowest BCUT2D eigenvalue weighted by Crippen LogP contribution is -2.33. The minimum absolute atomic E-state index is 0.162. The molecule has 4 heteroatoms. The van der Waals surface area contributed by atoms with Gasteiger partial charge in [0.05, 0.1) is 0 Å². The fourth-order valence-corrected chi connectivity index (χ4v) is 1.54. The summed E-state index contributed by atoms with van der Waals surface area (Å²) < 4.78 is 4.80. The van der Waals surface area contributed by atoms with Crippen LogP contribution in [0, 0.1) is 0 Å². The molecule has 4 nitrogen and oxygen atoms in total. The number of nitrogens with zero attached hydrogens (tertiary/aromatic N) is 1. The summed E-state index contributed by atoms with van der Waals surface area (Å²) in [5.41, 5.74) is 0.989. The summed E-state index contributed by atoms with van der Waals surface area (Å²) in [4.78, 5) is 23.4. The number of carbonyl (C=O) groups excluding carboxylic acids is 2. The number of benzene rings is 1. The Hall–Kier alpha value is -1.84. The smallest absolute Gasteiger partial charge is 0.410 e. The van der Waals surface area contributed by atoms with Crippen LogP contribution in [0.3, 0.4) is 0 Å². The summed E-state index contributed by atoms with van der Waals surface area (Å²) in [5.74, 6) is 0. The van der Waals surface area contributed by atoms with Crippen molar-refractivity contribution in [2.24, 2.45) is 0 Å². The van der Waals surface area contributed by atoms with Crippen LogP contribution in [0.5, 0.6) is 0 Å². The Kier molecular flexibility index (Phi) is 2.67. The first-order chi connectivity index (χ1) is 7.31. The summed E-state index contributed by atoms with van der Waals surface area (Å²) in [5, 5.41) is 0. The predicted octanol–water partition coefficient (Wildman–Crippen LogP) is 1.21. The maximum absolute atomic E-state index is 11.3. The van der Waals surface area contributed by atoms with E-state index in [1.54, 1.807) is 0 Å². The van der Waals surface area contributed by atoms with Crippen LogP contribution < -0.4 is 0 Å². The van der Waals surface area contributed by atoms with Gasteiger partial charge in [-0.25, -0.2) is 4.79 Å². The number of hydrogen-bond donors (Lipinski definition) is 0. The number of aldehydes is 1. The highest BCUT2D eigenvalue weighted by Gasteiger charge is 2.32. The number of carbonyl (C=O) groups is 2. The Balaban J connectivity index is 2.10. The van der Waals surface area contributed by atoms with Gasteiger partial charge < -0.3 is 9.53 Å². The first-order valence-electron chi connectivity index (χ1n) is 4.74. The van der Waals surface area contributed by atoms with Crippen molar-refractivity contribution in [3.8, 4) is 0 Å². The second kappa shape index (κ2) is 4.13. The number of hydrogen-bond acceptors (Lipinski definition) is 3. The molecule has 2 rings (SSSR count). The minimum atomic E-state index is -0.447. The summed E-state index contributed by atoms with van der Waals surface area (Å²) in [6.45, 7) is 0.582. The first kappa shape index (κ1) is 9.71. The van der Waals surface area contributed by atoms with Crippen molar-refractivity contribution in [1.29, 1.82) is 0 Å². The Labute approximate surface area is 87.4 Å². The van der Waals surface area contributed by atoms with E-state index in [2.05, 4.69) is 0 Å². The first-order valence-corrected chi connectivity index (χ1v) is 4.74. The van der Waals surface area contributed by atoms with Crippen molar-refractivity contribution in [2.45, 2.75) is 12.6 Å². The van der Waals surface area contributed by atoms with E-state index in [9.17, 15) is 9.59 Å². The number of cyclic esters (lactones) is 1. The van der Waals surface area contributed by atoms with Crippen molar-refractivity contribution >= 4 is 12.4 Å². The van der Waals surface area contributed by atoms with Crippen molar-refractivity contribution in [1.82, 2.24) is 4.90 Å². The zero-order chi connectivity index (χ0) is 10.7. The molecule has 1 saturated heterocycles. The van der Waals surface area contributed by atoms with Crippen LogP contribution in [0.25, 0.3) is 0 Å². The fourth-order valence-electron chi connectivity index (χ4n) is 1.54. The van der Waals surface area contributed by atoms with Crippen LogP contribution in [0.4, 0.5) is 4.79 Å². The van der Waals surface area contributed by atoms with Crippen molar-refractivity contribution < 1.29 is 14.3 Å². The van der Waals surface area contributed by atoms with E-state index in [0.29, 0.717) is 6.54 Å². The average Bonchev–Trinajstić information content (AvgIpc) is 2.62. The van der Waals surface area contributed by atoms with E-state index in [1.807, 2.05) is 30.3 Å². The number of ether oxygens (including phenoxy) is 1. The van der Waals surface area contributed by atoms with Crippen LogP contribution in [-0.4, -0.2) is 29.9 Å². The SMILES string of the molecule is O=C[C@@H]1COC(=O)N1Cc1ccccc1. The van der Waals surface area contributed by atoms with E-state index in [-0.39, 0.29) is 6.61 Å². The molecule has 0 N–H and O–H groups in total. The molecule has 78 valence electrons. The van der Waals surface area contributed by atoms with Gasteiger partial charge in [0.25, 0.3) is 0 Å². The second-order valence-corrected chi connectivity index (χ2v) is 3.39. The maximum atomic E-state index is 11.3. The van der Waals surface area contributed by atoms with E-state index < -0.39 is 12.1 Å². The van der Waals surface area contributed by atoms with Crippen molar-refractivity contribution in [3.05, 3.63) is 35.9 Å². The minimum Gasteiger partial charge on any atom is -0.447 e. The molecule has 1 aromatic carbocycles. The summed E-state index contributed by atoms with van der Waals surface area (Å²) >= 11 is 0. The third kappa shape index (κ3) is 1.98.